The first-order valence-corrected chi connectivity index (χ1v) is 9.51. The number of rotatable bonds is 4. The molecule has 2 bridgehead atoms. The van der Waals surface area contributed by atoms with Crippen LogP contribution in [0.2, 0.25) is 0 Å². The molecular formula is C20H22N6O. The van der Waals surface area contributed by atoms with Crippen molar-refractivity contribution in [3.05, 3.63) is 66.5 Å². The fourth-order valence-corrected chi connectivity index (χ4v) is 4.60. The fourth-order valence-electron chi connectivity index (χ4n) is 4.60. The molecule has 0 aliphatic carbocycles. The molecule has 5 rings (SSSR count). The molecule has 27 heavy (non-hydrogen) atoms. The summed E-state index contributed by atoms with van der Waals surface area (Å²) < 4.78 is 3.98. The average molecular weight is 362 g/mol. The van der Waals surface area contributed by atoms with Crippen molar-refractivity contribution < 1.29 is 4.79 Å². The number of imidazole rings is 1. The highest BCUT2D eigenvalue weighted by Gasteiger charge is 2.44. The van der Waals surface area contributed by atoms with Gasteiger partial charge in [-0.2, -0.15) is 0 Å². The van der Waals surface area contributed by atoms with Gasteiger partial charge in [-0.15, -0.1) is 5.10 Å². The van der Waals surface area contributed by atoms with Gasteiger partial charge in [-0.05, 0) is 43.4 Å². The zero-order valence-electron chi connectivity index (χ0n) is 15.1. The molecule has 2 aliphatic rings. The van der Waals surface area contributed by atoms with Crippen LogP contribution in [0.5, 0.6) is 0 Å². The first kappa shape index (κ1) is 16.2. The van der Waals surface area contributed by atoms with Crippen LogP contribution in [0.25, 0.3) is 0 Å². The molecule has 7 nitrogen and oxygen atoms in total. The number of carbonyl (C=O) groups is 1. The Morgan fingerprint density at radius 3 is 2.41 bits per heavy atom. The Bertz CT molecular complexity index is 889. The number of piperidine rings is 1. The fraction of sp³-hybridized carbons (Fsp3) is 0.400. The lowest BCUT2D eigenvalue weighted by atomic mass is 9.96. The van der Waals surface area contributed by atoms with Crippen LogP contribution in [-0.4, -0.2) is 47.4 Å². The van der Waals surface area contributed by atoms with Crippen molar-refractivity contribution in [3.63, 3.8) is 0 Å². The van der Waals surface area contributed by atoms with Gasteiger partial charge >= 0.3 is 0 Å². The molecule has 2 aromatic heterocycles. The topological polar surface area (TPSA) is 68.8 Å². The van der Waals surface area contributed by atoms with E-state index >= 15 is 0 Å². The van der Waals surface area contributed by atoms with Gasteiger partial charge in [-0.1, -0.05) is 17.3 Å². The summed E-state index contributed by atoms with van der Waals surface area (Å²) in [6.45, 7) is 0.767. The molecule has 1 amide bonds. The van der Waals surface area contributed by atoms with Crippen molar-refractivity contribution in [1.29, 1.82) is 0 Å². The van der Waals surface area contributed by atoms with Gasteiger partial charge in [-0.3, -0.25) is 4.79 Å². The zero-order chi connectivity index (χ0) is 18.2. The lowest BCUT2D eigenvalue weighted by molar-refractivity contribution is 0.0523. The molecule has 3 aromatic rings. The van der Waals surface area contributed by atoms with E-state index in [9.17, 15) is 4.79 Å². The van der Waals surface area contributed by atoms with Crippen molar-refractivity contribution >= 4 is 5.91 Å². The number of carbonyl (C=O) groups excluding carboxylic acids is 1. The summed E-state index contributed by atoms with van der Waals surface area (Å²) in [5.74, 6) is 0.161. The van der Waals surface area contributed by atoms with Gasteiger partial charge in [0.25, 0.3) is 5.91 Å². The second kappa shape index (κ2) is 6.64. The molecule has 2 unspecified atom stereocenters. The van der Waals surface area contributed by atoms with Crippen LogP contribution in [0.1, 0.15) is 47.6 Å². The molecule has 0 radical (unpaired) electrons. The van der Waals surface area contributed by atoms with Crippen molar-refractivity contribution in [2.45, 2.75) is 50.4 Å². The summed E-state index contributed by atoms with van der Waals surface area (Å²) in [5, 5.41) is 8.09. The molecule has 4 heterocycles. The van der Waals surface area contributed by atoms with E-state index in [0.717, 1.165) is 43.4 Å². The van der Waals surface area contributed by atoms with Gasteiger partial charge < -0.3 is 9.47 Å². The van der Waals surface area contributed by atoms with Crippen LogP contribution in [-0.2, 0) is 6.54 Å². The van der Waals surface area contributed by atoms with Crippen molar-refractivity contribution in [1.82, 2.24) is 29.4 Å². The standard InChI is InChI=1S/C20H22N6O/c27-20(16-3-1-15(2-4-16)13-24-9-7-21-14-24)26-17-5-6-18(26)12-19(11-17)25-10-8-22-23-25/h1-4,7-10,14,17-19H,5-6,11-13H2. The number of amides is 1. The minimum Gasteiger partial charge on any atom is -0.333 e. The average Bonchev–Trinajstić information content (AvgIpc) is 3.44. The summed E-state index contributed by atoms with van der Waals surface area (Å²) in [5.41, 5.74) is 1.94. The van der Waals surface area contributed by atoms with Gasteiger partial charge in [-0.25, -0.2) is 9.67 Å². The van der Waals surface area contributed by atoms with E-state index in [4.69, 9.17) is 0 Å². The third kappa shape index (κ3) is 3.03. The van der Waals surface area contributed by atoms with E-state index < -0.39 is 0 Å². The van der Waals surface area contributed by atoms with E-state index in [1.165, 1.54) is 0 Å². The first-order chi connectivity index (χ1) is 13.3. The molecule has 7 heteroatoms. The Morgan fingerprint density at radius 2 is 1.78 bits per heavy atom. The summed E-state index contributed by atoms with van der Waals surface area (Å²) in [7, 11) is 0. The SMILES string of the molecule is O=C(c1ccc(Cn2ccnc2)cc1)N1C2CCC1CC(n1ccnn1)C2. The van der Waals surface area contributed by atoms with Gasteiger partial charge in [0.1, 0.15) is 0 Å². The molecule has 2 aliphatic heterocycles. The van der Waals surface area contributed by atoms with Crippen LogP contribution in [0, 0.1) is 0 Å². The van der Waals surface area contributed by atoms with E-state index in [0.29, 0.717) is 18.1 Å². The Hall–Kier alpha value is -2.96. The third-order valence-corrected chi connectivity index (χ3v) is 5.88. The van der Waals surface area contributed by atoms with E-state index in [1.54, 1.807) is 18.7 Å². The number of hydrogen-bond acceptors (Lipinski definition) is 4. The smallest absolute Gasteiger partial charge is 0.254 e. The van der Waals surface area contributed by atoms with Crippen LogP contribution < -0.4 is 0 Å². The highest BCUT2D eigenvalue weighted by Crippen LogP contribution is 2.41. The third-order valence-electron chi connectivity index (χ3n) is 5.88. The zero-order valence-corrected chi connectivity index (χ0v) is 15.1. The Balaban J connectivity index is 1.30. The number of fused-ring (bicyclic) bond motifs is 2. The molecular weight excluding hydrogens is 340 g/mol. The van der Waals surface area contributed by atoms with Gasteiger partial charge in [0.05, 0.1) is 18.6 Å². The maximum atomic E-state index is 13.2. The summed E-state index contributed by atoms with van der Waals surface area (Å²) >= 11 is 0. The largest absolute Gasteiger partial charge is 0.333 e. The highest BCUT2D eigenvalue weighted by atomic mass is 16.2. The summed E-state index contributed by atoms with van der Waals surface area (Å²) in [6.07, 6.45) is 13.3. The lowest BCUT2D eigenvalue weighted by Crippen LogP contribution is -2.47. The maximum absolute atomic E-state index is 13.2. The monoisotopic (exact) mass is 362 g/mol. The molecule has 0 N–H and O–H groups in total. The first-order valence-electron chi connectivity index (χ1n) is 9.51. The molecule has 0 spiro atoms. The number of hydrogen-bond donors (Lipinski definition) is 0. The molecule has 138 valence electrons. The molecule has 2 saturated heterocycles. The maximum Gasteiger partial charge on any atom is 0.254 e. The Morgan fingerprint density at radius 1 is 1.00 bits per heavy atom. The Labute approximate surface area is 157 Å². The minimum atomic E-state index is 0.161. The van der Waals surface area contributed by atoms with Crippen LogP contribution in [0.3, 0.4) is 0 Å². The Kier molecular flexibility index (Phi) is 3.99. The normalized spacial score (nSPS) is 24.3. The van der Waals surface area contributed by atoms with Gasteiger partial charge in [0.15, 0.2) is 0 Å². The van der Waals surface area contributed by atoms with E-state index in [1.807, 2.05) is 45.9 Å². The van der Waals surface area contributed by atoms with Crippen molar-refractivity contribution in [3.8, 4) is 0 Å². The van der Waals surface area contributed by atoms with Crippen LogP contribution in [0.4, 0.5) is 0 Å². The molecule has 2 fully saturated rings. The second-order valence-corrected chi connectivity index (χ2v) is 7.54. The number of nitrogens with zero attached hydrogens (tertiary/aromatic N) is 6. The lowest BCUT2D eigenvalue weighted by Gasteiger charge is -2.39. The predicted molar refractivity (Wildman–Crippen MR) is 99.0 cm³/mol. The van der Waals surface area contributed by atoms with E-state index in [2.05, 4.69) is 20.2 Å². The number of aromatic nitrogens is 5. The number of benzene rings is 1. The van der Waals surface area contributed by atoms with Gasteiger partial charge in [0, 0.05) is 42.8 Å². The minimum absolute atomic E-state index is 0.161. The second-order valence-electron chi connectivity index (χ2n) is 7.54. The summed E-state index contributed by atoms with van der Waals surface area (Å²) in [6, 6.07) is 8.95. The van der Waals surface area contributed by atoms with Crippen LogP contribution in [0.15, 0.2) is 55.4 Å². The summed E-state index contributed by atoms with van der Waals surface area (Å²) in [4.78, 5) is 19.3. The molecule has 0 saturated carbocycles. The van der Waals surface area contributed by atoms with Gasteiger partial charge in [0.2, 0.25) is 0 Å². The van der Waals surface area contributed by atoms with Crippen molar-refractivity contribution in [2.75, 3.05) is 0 Å². The van der Waals surface area contributed by atoms with E-state index in [-0.39, 0.29) is 5.91 Å². The predicted octanol–water partition coefficient (Wildman–Crippen LogP) is 2.53. The molecule has 2 atom stereocenters. The van der Waals surface area contributed by atoms with Crippen molar-refractivity contribution in [2.24, 2.45) is 0 Å². The molecule has 1 aromatic carbocycles. The quantitative estimate of drug-likeness (QED) is 0.715. The highest BCUT2D eigenvalue weighted by molar-refractivity contribution is 5.95. The van der Waals surface area contributed by atoms with Crippen LogP contribution >= 0.6 is 0 Å².